The molecule has 27 heavy (non-hydrogen) atoms. The molecule has 1 aliphatic carbocycles. The van der Waals surface area contributed by atoms with Gasteiger partial charge in [-0.2, -0.15) is 5.26 Å². The van der Waals surface area contributed by atoms with Crippen LogP contribution in [-0.2, 0) is 27.2 Å². The summed E-state index contributed by atoms with van der Waals surface area (Å²) >= 11 is 1.57. The lowest BCUT2D eigenvalue weighted by atomic mass is 9.89. The van der Waals surface area contributed by atoms with E-state index < -0.39 is 0 Å². The Balaban J connectivity index is 1.55. The van der Waals surface area contributed by atoms with Gasteiger partial charge in [0.1, 0.15) is 11.1 Å². The van der Waals surface area contributed by atoms with Crippen molar-refractivity contribution in [2.45, 2.75) is 46.0 Å². The molecule has 1 saturated heterocycles. The van der Waals surface area contributed by atoms with E-state index in [1.165, 1.54) is 9.78 Å². The number of hydrogen-bond donors (Lipinski definition) is 2. The molecule has 1 amide bonds. The molecule has 3 rings (SSSR count). The molecule has 1 fully saturated rings. The van der Waals surface area contributed by atoms with Gasteiger partial charge in [0.15, 0.2) is 6.54 Å². The van der Waals surface area contributed by atoms with Crippen molar-refractivity contribution >= 4 is 28.2 Å². The van der Waals surface area contributed by atoms with Crippen LogP contribution in [0.5, 0.6) is 0 Å². The molecule has 1 aliphatic heterocycles. The van der Waals surface area contributed by atoms with Gasteiger partial charge in [-0.05, 0) is 37.7 Å². The quantitative estimate of drug-likeness (QED) is 0.747. The zero-order valence-corrected chi connectivity index (χ0v) is 16.9. The highest BCUT2D eigenvalue weighted by Gasteiger charge is 2.30. The number of hydrogen-bond acceptors (Lipinski definition) is 5. The van der Waals surface area contributed by atoms with Crippen LogP contribution < -0.4 is 10.2 Å². The van der Waals surface area contributed by atoms with Crippen molar-refractivity contribution in [2.75, 3.05) is 31.6 Å². The van der Waals surface area contributed by atoms with Crippen LogP contribution in [0.4, 0.5) is 5.00 Å². The van der Waals surface area contributed by atoms with Crippen LogP contribution in [0, 0.1) is 23.2 Å². The number of ether oxygens (including phenoxy) is 1. The predicted octanol–water partition coefficient (Wildman–Crippen LogP) is 1.54. The van der Waals surface area contributed by atoms with Gasteiger partial charge in [0.2, 0.25) is 0 Å². The van der Waals surface area contributed by atoms with Gasteiger partial charge in [-0.25, -0.2) is 0 Å². The summed E-state index contributed by atoms with van der Waals surface area (Å²) in [5.74, 6) is 0.435. The van der Waals surface area contributed by atoms with Crippen LogP contribution in [0.2, 0.25) is 0 Å². The number of likely N-dealkylation sites (tertiary alicyclic amines) is 1. The second-order valence-electron chi connectivity index (χ2n) is 7.67. The average molecular weight is 391 g/mol. The van der Waals surface area contributed by atoms with Crippen LogP contribution in [0.15, 0.2) is 0 Å². The molecular formula is C20H28N3O3S+. The third-order valence-electron chi connectivity index (χ3n) is 5.60. The number of carbonyl (C=O) groups excluding carboxylic acids is 2. The average Bonchev–Trinajstić information content (AvgIpc) is 2.98. The number of esters is 1. The van der Waals surface area contributed by atoms with Gasteiger partial charge in [0, 0.05) is 17.7 Å². The molecule has 0 bridgehead atoms. The maximum absolute atomic E-state index is 12.5. The summed E-state index contributed by atoms with van der Waals surface area (Å²) in [4.78, 5) is 26.8. The van der Waals surface area contributed by atoms with E-state index in [9.17, 15) is 14.9 Å². The molecule has 2 N–H and O–H groups in total. The van der Waals surface area contributed by atoms with E-state index in [0.717, 1.165) is 50.8 Å². The third-order valence-corrected chi connectivity index (χ3v) is 6.77. The van der Waals surface area contributed by atoms with E-state index in [1.54, 1.807) is 11.3 Å². The normalized spacial score (nSPS) is 24.6. The van der Waals surface area contributed by atoms with Gasteiger partial charge >= 0.3 is 5.97 Å². The van der Waals surface area contributed by atoms with E-state index >= 15 is 0 Å². The topological polar surface area (TPSA) is 83.6 Å². The summed E-state index contributed by atoms with van der Waals surface area (Å²) in [7, 11) is 0. The van der Waals surface area contributed by atoms with Gasteiger partial charge in [0.25, 0.3) is 5.91 Å². The van der Waals surface area contributed by atoms with Crippen LogP contribution >= 0.6 is 11.3 Å². The fraction of sp³-hybridized carbons (Fsp3) is 0.650. The first-order chi connectivity index (χ1) is 13.0. The number of anilines is 1. The number of piperidine rings is 1. The van der Waals surface area contributed by atoms with E-state index in [-0.39, 0.29) is 17.8 Å². The zero-order valence-electron chi connectivity index (χ0n) is 16.1. The number of nitrogens with zero attached hydrogens (tertiary/aromatic N) is 1. The fourth-order valence-corrected chi connectivity index (χ4v) is 5.43. The highest BCUT2D eigenvalue weighted by molar-refractivity contribution is 7.16. The largest absolute Gasteiger partial charge is 0.466 e. The minimum absolute atomic E-state index is 0.0343. The van der Waals surface area contributed by atoms with Gasteiger partial charge in [0.05, 0.1) is 31.2 Å². The molecule has 0 unspecified atom stereocenters. The molecule has 1 aromatic rings. The standard InChI is InChI=1S/C20H27N3O3S/c1-3-26-20(25)14-6-8-23(9-7-14)12-18(24)22-19-16(11-21)15-5-4-13(2)10-17(15)27-19/h13-14H,3-10,12H2,1-2H3,(H,22,24)/p+1/t13-/m0/s1. The first kappa shape index (κ1) is 19.8. The summed E-state index contributed by atoms with van der Waals surface area (Å²) in [6.45, 7) is 6.43. The lowest BCUT2D eigenvalue weighted by Crippen LogP contribution is -3.14. The van der Waals surface area contributed by atoms with Gasteiger partial charge in [-0.15, -0.1) is 11.3 Å². The Morgan fingerprint density at radius 1 is 1.33 bits per heavy atom. The number of fused-ring (bicyclic) bond motifs is 1. The van der Waals surface area contributed by atoms with Gasteiger partial charge in [-0.3, -0.25) is 9.59 Å². The van der Waals surface area contributed by atoms with Crippen LogP contribution in [0.1, 0.15) is 49.1 Å². The fourth-order valence-electron chi connectivity index (χ4n) is 4.05. The maximum atomic E-state index is 12.5. The molecular weight excluding hydrogens is 362 g/mol. The van der Waals surface area contributed by atoms with Gasteiger partial charge in [-0.1, -0.05) is 6.92 Å². The minimum Gasteiger partial charge on any atom is -0.466 e. The van der Waals surface area contributed by atoms with Crippen molar-refractivity contribution in [2.24, 2.45) is 11.8 Å². The first-order valence-electron chi connectivity index (χ1n) is 9.86. The Kier molecular flexibility index (Phi) is 6.51. The summed E-state index contributed by atoms with van der Waals surface area (Å²) in [6, 6.07) is 2.30. The first-order valence-corrected chi connectivity index (χ1v) is 10.7. The molecule has 2 heterocycles. The summed E-state index contributed by atoms with van der Waals surface area (Å²) in [5.41, 5.74) is 1.80. The monoisotopic (exact) mass is 390 g/mol. The Hall–Kier alpha value is -1.91. The molecule has 1 atom stereocenters. The van der Waals surface area contributed by atoms with E-state index in [0.29, 0.717) is 29.6 Å². The molecule has 7 heteroatoms. The Labute approximate surface area is 164 Å². The lowest BCUT2D eigenvalue weighted by molar-refractivity contribution is -0.897. The number of quaternary nitrogens is 1. The molecule has 0 aromatic carbocycles. The molecule has 0 radical (unpaired) electrons. The summed E-state index contributed by atoms with van der Waals surface area (Å²) in [5, 5.41) is 13.2. The van der Waals surface area contributed by atoms with Crippen molar-refractivity contribution in [3.05, 3.63) is 16.0 Å². The number of rotatable bonds is 5. The Morgan fingerprint density at radius 3 is 2.74 bits per heavy atom. The van der Waals surface area contributed by atoms with Crippen molar-refractivity contribution < 1.29 is 19.2 Å². The highest BCUT2D eigenvalue weighted by Crippen LogP contribution is 2.39. The number of amides is 1. The van der Waals surface area contributed by atoms with Crippen LogP contribution in [-0.4, -0.2) is 38.1 Å². The van der Waals surface area contributed by atoms with E-state index in [4.69, 9.17) is 4.74 Å². The van der Waals surface area contributed by atoms with Crippen molar-refractivity contribution in [3.63, 3.8) is 0 Å². The number of carbonyl (C=O) groups is 2. The highest BCUT2D eigenvalue weighted by atomic mass is 32.1. The SMILES string of the molecule is CCOC(=O)C1CC[NH+](CC(=O)Nc2sc3c(c2C#N)CC[C@H](C)C3)CC1. The third kappa shape index (κ3) is 4.69. The molecule has 146 valence electrons. The van der Waals surface area contributed by atoms with E-state index in [2.05, 4.69) is 18.3 Å². The Bertz CT molecular complexity index is 744. The van der Waals surface area contributed by atoms with Crippen LogP contribution in [0.3, 0.4) is 0 Å². The molecule has 2 aliphatic rings. The number of nitriles is 1. The second-order valence-corrected chi connectivity index (χ2v) is 8.77. The predicted molar refractivity (Wildman–Crippen MR) is 104 cm³/mol. The molecule has 1 aromatic heterocycles. The van der Waals surface area contributed by atoms with Gasteiger partial charge < -0.3 is 15.0 Å². The zero-order chi connectivity index (χ0) is 19.4. The lowest BCUT2D eigenvalue weighted by Gasteiger charge is -2.27. The molecule has 0 saturated carbocycles. The minimum atomic E-state index is -0.113. The van der Waals surface area contributed by atoms with Crippen molar-refractivity contribution in [1.82, 2.24) is 0 Å². The Morgan fingerprint density at radius 2 is 2.07 bits per heavy atom. The second kappa shape index (κ2) is 8.85. The van der Waals surface area contributed by atoms with E-state index in [1.807, 2.05) is 6.92 Å². The van der Waals surface area contributed by atoms with Crippen molar-refractivity contribution in [3.8, 4) is 6.07 Å². The number of thiophene rings is 1. The van der Waals surface area contributed by atoms with Crippen LogP contribution in [0.25, 0.3) is 0 Å². The summed E-state index contributed by atoms with van der Waals surface area (Å²) < 4.78 is 5.09. The molecule has 0 spiro atoms. The maximum Gasteiger partial charge on any atom is 0.309 e. The smallest absolute Gasteiger partial charge is 0.309 e. The van der Waals surface area contributed by atoms with Crippen molar-refractivity contribution in [1.29, 1.82) is 5.26 Å². The number of nitrogens with one attached hydrogen (secondary N) is 2. The molecule has 6 nitrogen and oxygen atoms in total. The summed E-state index contributed by atoms with van der Waals surface area (Å²) in [6.07, 6.45) is 4.55.